The van der Waals surface area contributed by atoms with Gasteiger partial charge in [-0.1, -0.05) is 49.2 Å². The first-order chi connectivity index (χ1) is 15.1. The number of hydrogen-bond acceptors (Lipinski definition) is 2. The molecule has 0 bridgehead atoms. The number of allylic oxidation sites excluding steroid dienone is 1. The van der Waals surface area contributed by atoms with Crippen LogP contribution in [0.1, 0.15) is 69.8 Å². The molecule has 6 atom stereocenters. The second kappa shape index (κ2) is 7.43. The van der Waals surface area contributed by atoms with Crippen LogP contribution in [-0.4, -0.2) is 10.8 Å². The van der Waals surface area contributed by atoms with E-state index in [4.69, 9.17) is 0 Å². The summed E-state index contributed by atoms with van der Waals surface area (Å²) in [6, 6.07) is 13.1. The molecule has 2 aromatic rings. The number of fused-ring (bicyclic) bond motifs is 5. The molecule has 1 heterocycles. The van der Waals surface area contributed by atoms with Crippen LogP contribution >= 0.6 is 0 Å². The van der Waals surface area contributed by atoms with Crippen LogP contribution in [0, 0.1) is 29.1 Å². The zero-order valence-corrected chi connectivity index (χ0v) is 18.6. The number of pyridine rings is 1. The Labute approximate surface area is 186 Å². The highest BCUT2D eigenvalue weighted by Gasteiger charge is 2.54. The lowest BCUT2D eigenvalue weighted by molar-refractivity contribution is -0.116. The van der Waals surface area contributed by atoms with Gasteiger partial charge >= 0.3 is 0 Å². The van der Waals surface area contributed by atoms with E-state index in [2.05, 4.69) is 42.2 Å². The molecule has 0 N–H and O–H groups in total. The fourth-order valence-electron chi connectivity index (χ4n) is 8.06. The molecule has 0 spiro atoms. The maximum absolute atomic E-state index is 12.7. The van der Waals surface area contributed by atoms with Gasteiger partial charge in [0.15, 0.2) is 5.78 Å². The zero-order chi connectivity index (χ0) is 21.0. The number of benzene rings is 1. The summed E-state index contributed by atoms with van der Waals surface area (Å²) in [6.45, 7) is 2.57. The lowest BCUT2D eigenvalue weighted by atomic mass is 9.50. The number of nitrogens with zero attached hydrogens (tertiary/aromatic N) is 1. The van der Waals surface area contributed by atoms with Crippen molar-refractivity contribution in [2.45, 2.75) is 64.2 Å². The van der Waals surface area contributed by atoms with Gasteiger partial charge in [-0.05, 0) is 102 Å². The third kappa shape index (κ3) is 3.22. The SMILES string of the molecule is C[C@@]12CCC[C@H]1[C@@H]1CCC3=CC(=O)CC(c4ccc(-c5cccnc5)cc4)[C@@H]3[C@H]1CC2. The second-order valence-electron chi connectivity index (χ2n) is 10.9. The highest BCUT2D eigenvalue weighted by Crippen LogP contribution is 2.63. The number of carbonyl (C=O) groups is 1. The van der Waals surface area contributed by atoms with Crippen LogP contribution in [-0.2, 0) is 4.79 Å². The molecule has 4 aliphatic rings. The fraction of sp³-hybridized carbons (Fsp3) is 0.517. The summed E-state index contributed by atoms with van der Waals surface area (Å²) in [7, 11) is 0. The van der Waals surface area contributed by atoms with Crippen LogP contribution in [0.3, 0.4) is 0 Å². The molecular formula is C29H33NO. The predicted octanol–water partition coefficient (Wildman–Crippen LogP) is 6.97. The van der Waals surface area contributed by atoms with E-state index in [1.807, 2.05) is 24.5 Å². The Morgan fingerprint density at radius 1 is 0.968 bits per heavy atom. The van der Waals surface area contributed by atoms with E-state index in [9.17, 15) is 4.79 Å². The minimum absolute atomic E-state index is 0.340. The quantitative estimate of drug-likeness (QED) is 0.534. The molecule has 31 heavy (non-hydrogen) atoms. The summed E-state index contributed by atoms with van der Waals surface area (Å²) in [4.78, 5) is 17.0. The van der Waals surface area contributed by atoms with Crippen LogP contribution in [0.15, 0.2) is 60.4 Å². The Balaban J connectivity index is 1.33. The van der Waals surface area contributed by atoms with Gasteiger partial charge in [-0.2, -0.15) is 0 Å². The molecule has 1 aromatic heterocycles. The molecule has 160 valence electrons. The Kier molecular flexibility index (Phi) is 4.67. The van der Waals surface area contributed by atoms with Crippen LogP contribution < -0.4 is 0 Å². The van der Waals surface area contributed by atoms with E-state index in [1.54, 1.807) is 0 Å². The van der Waals surface area contributed by atoms with Gasteiger partial charge in [0.1, 0.15) is 0 Å². The Morgan fingerprint density at radius 2 is 1.84 bits per heavy atom. The van der Waals surface area contributed by atoms with Crippen LogP contribution in [0.4, 0.5) is 0 Å². The molecule has 3 fully saturated rings. The largest absolute Gasteiger partial charge is 0.295 e. The van der Waals surface area contributed by atoms with Crippen molar-refractivity contribution in [2.24, 2.45) is 29.1 Å². The van der Waals surface area contributed by atoms with Crippen molar-refractivity contribution < 1.29 is 4.79 Å². The van der Waals surface area contributed by atoms with Gasteiger partial charge in [0.25, 0.3) is 0 Å². The van der Waals surface area contributed by atoms with E-state index in [0.717, 1.165) is 29.7 Å². The number of aromatic nitrogens is 1. The molecule has 4 aliphatic carbocycles. The molecular weight excluding hydrogens is 378 g/mol. The average molecular weight is 412 g/mol. The van der Waals surface area contributed by atoms with Crippen molar-refractivity contribution >= 4 is 5.78 Å². The monoisotopic (exact) mass is 411 g/mol. The summed E-state index contributed by atoms with van der Waals surface area (Å²) in [5.74, 6) is 3.83. The highest BCUT2D eigenvalue weighted by molar-refractivity contribution is 5.92. The molecule has 3 saturated carbocycles. The third-order valence-electron chi connectivity index (χ3n) is 9.46. The Bertz CT molecular complexity index is 1010. The van der Waals surface area contributed by atoms with Crippen molar-refractivity contribution in [3.8, 4) is 11.1 Å². The maximum Gasteiger partial charge on any atom is 0.156 e. The molecule has 6 rings (SSSR count). The van der Waals surface area contributed by atoms with Crippen molar-refractivity contribution in [3.63, 3.8) is 0 Å². The summed E-state index contributed by atoms with van der Waals surface area (Å²) < 4.78 is 0. The molecule has 0 amide bonds. The molecule has 1 aromatic carbocycles. The topological polar surface area (TPSA) is 30.0 Å². The van der Waals surface area contributed by atoms with Crippen LogP contribution in [0.25, 0.3) is 11.1 Å². The van der Waals surface area contributed by atoms with Gasteiger partial charge in [-0.25, -0.2) is 0 Å². The Hall–Kier alpha value is -2.22. The van der Waals surface area contributed by atoms with Crippen molar-refractivity contribution in [2.75, 3.05) is 0 Å². The number of carbonyl (C=O) groups excluding carboxylic acids is 1. The summed E-state index contributed by atoms with van der Waals surface area (Å²) in [5.41, 5.74) is 5.78. The van der Waals surface area contributed by atoms with E-state index < -0.39 is 0 Å². The van der Waals surface area contributed by atoms with Crippen LogP contribution in [0.2, 0.25) is 0 Å². The van der Waals surface area contributed by atoms with Crippen molar-refractivity contribution in [3.05, 3.63) is 66.0 Å². The van der Waals surface area contributed by atoms with Gasteiger partial charge in [0.05, 0.1) is 0 Å². The minimum atomic E-state index is 0.340. The average Bonchev–Trinajstić information content (AvgIpc) is 3.21. The summed E-state index contributed by atoms with van der Waals surface area (Å²) >= 11 is 0. The predicted molar refractivity (Wildman–Crippen MR) is 125 cm³/mol. The summed E-state index contributed by atoms with van der Waals surface area (Å²) in [6.07, 6.45) is 16.0. The van der Waals surface area contributed by atoms with Gasteiger partial charge in [0, 0.05) is 18.8 Å². The second-order valence-corrected chi connectivity index (χ2v) is 10.9. The van der Waals surface area contributed by atoms with Gasteiger partial charge < -0.3 is 0 Å². The standard InChI is InChI=1S/C29H33NO/c1-29-13-2-5-27(29)24-11-10-21-16-23(31)17-26(28(21)25(24)12-14-29)20-8-6-19(7-9-20)22-4-3-15-30-18-22/h3-4,6-9,15-16,18,24-28H,2,5,10-14,17H2,1H3/t24-,25+,26?,27+,28+,29+/m1/s1. The van der Waals surface area contributed by atoms with Gasteiger partial charge in [0.2, 0.25) is 0 Å². The van der Waals surface area contributed by atoms with E-state index in [0.29, 0.717) is 29.5 Å². The smallest absolute Gasteiger partial charge is 0.156 e. The van der Waals surface area contributed by atoms with Crippen LogP contribution in [0.5, 0.6) is 0 Å². The number of hydrogen-bond donors (Lipinski definition) is 0. The number of ketones is 1. The molecule has 2 nitrogen and oxygen atoms in total. The first-order valence-corrected chi connectivity index (χ1v) is 12.4. The maximum atomic E-state index is 12.7. The zero-order valence-electron chi connectivity index (χ0n) is 18.6. The first kappa shape index (κ1) is 19.5. The summed E-state index contributed by atoms with van der Waals surface area (Å²) in [5, 5.41) is 0. The molecule has 0 aliphatic heterocycles. The van der Waals surface area contributed by atoms with Crippen molar-refractivity contribution in [1.82, 2.24) is 4.98 Å². The van der Waals surface area contributed by atoms with E-state index in [1.165, 1.54) is 55.2 Å². The molecule has 1 unspecified atom stereocenters. The lowest BCUT2D eigenvalue weighted by Gasteiger charge is -2.54. The third-order valence-corrected chi connectivity index (χ3v) is 9.46. The first-order valence-electron chi connectivity index (χ1n) is 12.4. The molecule has 0 saturated heterocycles. The normalized spacial score (nSPS) is 36.9. The van der Waals surface area contributed by atoms with Gasteiger partial charge in [-0.3, -0.25) is 9.78 Å². The van der Waals surface area contributed by atoms with Crippen molar-refractivity contribution in [1.29, 1.82) is 0 Å². The van der Waals surface area contributed by atoms with E-state index >= 15 is 0 Å². The molecule has 0 radical (unpaired) electrons. The lowest BCUT2D eigenvalue weighted by Crippen LogP contribution is -2.46. The fourth-order valence-corrected chi connectivity index (χ4v) is 8.06. The Morgan fingerprint density at radius 3 is 2.65 bits per heavy atom. The van der Waals surface area contributed by atoms with E-state index in [-0.39, 0.29) is 0 Å². The number of rotatable bonds is 2. The highest BCUT2D eigenvalue weighted by atomic mass is 16.1. The van der Waals surface area contributed by atoms with Gasteiger partial charge in [-0.15, -0.1) is 0 Å². The molecule has 2 heteroatoms. The minimum Gasteiger partial charge on any atom is -0.295 e.